The van der Waals surface area contributed by atoms with Crippen LogP contribution < -0.4 is 5.32 Å². The first-order chi connectivity index (χ1) is 9.36. The number of carboxylic acids is 1. The summed E-state index contributed by atoms with van der Waals surface area (Å²) in [6, 6.07) is 2.51. The Morgan fingerprint density at radius 1 is 1.35 bits per heavy atom. The normalized spacial score (nSPS) is 25.4. The molecule has 0 bridgehead atoms. The van der Waals surface area contributed by atoms with Crippen molar-refractivity contribution in [3.05, 3.63) is 35.4 Å². The number of aliphatic carboxylic acids is 1. The molecule has 2 rings (SSSR count). The maximum absolute atomic E-state index is 13.5. The molecular formula is C14H15F2NO3. The quantitative estimate of drug-likeness (QED) is 0.894. The molecule has 2 atom stereocenters. The standard InChI is InChI=1S/C14H15F2NO3/c1-14(13(19)20)7-3-6-10(14)17-12(18)11-8(15)4-2-5-9(11)16/h2,4-5,10H,3,6-7H2,1H3,(H,17,18)(H,19,20). The van der Waals surface area contributed by atoms with Gasteiger partial charge in [-0.25, -0.2) is 8.78 Å². The highest BCUT2D eigenvalue weighted by Gasteiger charge is 2.46. The molecule has 2 unspecified atom stereocenters. The number of hydrogen-bond acceptors (Lipinski definition) is 2. The first-order valence-electron chi connectivity index (χ1n) is 6.34. The van der Waals surface area contributed by atoms with E-state index in [0.29, 0.717) is 19.3 Å². The van der Waals surface area contributed by atoms with Crippen molar-refractivity contribution in [1.82, 2.24) is 5.32 Å². The van der Waals surface area contributed by atoms with Crippen molar-refractivity contribution >= 4 is 11.9 Å². The van der Waals surface area contributed by atoms with Crippen molar-refractivity contribution in [3.63, 3.8) is 0 Å². The van der Waals surface area contributed by atoms with Gasteiger partial charge in [0, 0.05) is 6.04 Å². The van der Waals surface area contributed by atoms with Gasteiger partial charge in [-0.3, -0.25) is 9.59 Å². The van der Waals surface area contributed by atoms with Crippen LogP contribution in [-0.4, -0.2) is 23.0 Å². The minimum Gasteiger partial charge on any atom is -0.481 e. The summed E-state index contributed by atoms with van der Waals surface area (Å²) in [5.41, 5.74) is -1.77. The van der Waals surface area contributed by atoms with Crippen LogP contribution in [-0.2, 0) is 4.79 Å². The second-order valence-corrected chi connectivity index (χ2v) is 5.24. The first kappa shape index (κ1) is 14.4. The van der Waals surface area contributed by atoms with E-state index in [1.54, 1.807) is 0 Å². The van der Waals surface area contributed by atoms with E-state index in [9.17, 15) is 23.5 Å². The Morgan fingerprint density at radius 2 is 1.95 bits per heavy atom. The maximum Gasteiger partial charge on any atom is 0.311 e. The second-order valence-electron chi connectivity index (χ2n) is 5.24. The molecule has 0 heterocycles. The molecule has 4 nitrogen and oxygen atoms in total. The second kappa shape index (κ2) is 5.19. The number of carbonyl (C=O) groups is 2. The van der Waals surface area contributed by atoms with Gasteiger partial charge in [0.05, 0.1) is 5.41 Å². The fourth-order valence-corrected chi connectivity index (χ4v) is 2.60. The van der Waals surface area contributed by atoms with Gasteiger partial charge in [0.1, 0.15) is 17.2 Å². The Bertz CT molecular complexity index is 541. The van der Waals surface area contributed by atoms with Gasteiger partial charge in [-0.2, -0.15) is 0 Å². The van der Waals surface area contributed by atoms with Crippen molar-refractivity contribution in [2.45, 2.75) is 32.2 Å². The third kappa shape index (κ3) is 2.37. The molecule has 20 heavy (non-hydrogen) atoms. The third-order valence-electron chi connectivity index (χ3n) is 3.94. The molecule has 1 amide bonds. The lowest BCUT2D eigenvalue weighted by molar-refractivity contribution is -0.148. The number of halogens is 2. The van der Waals surface area contributed by atoms with Crippen molar-refractivity contribution in [2.75, 3.05) is 0 Å². The number of carbonyl (C=O) groups excluding carboxylic acids is 1. The van der Waals surface area contributed by atoms with Gasteiger partial charge in [0.15, 0.2) is 0 Å². The van der Waals surface area contributed by atoms with Crippen molar-refractivity contribution in [1.29, 1.82) is 0 Å². The topological polar surface area (TPSA) is 66.4 Å². The average molecular weight is 283 g/mol. The zero-order valence-corrected chi connectivity index (χ0v) is 11.0. The Labute approximate surface area is 114 Å². The fraction of sp³-hybridized carbons (Fsp3) is 0.429. The Morgan fingerprint density at radius 3 is 2.50 bits per heavy atom. The van der Waals surface area contributed by atoms with Crippen molar-refractivity contribution in [2.24, 2.45) is 5.41 Å². The van der Waals surface area contributed by atoms with Crippen LogP contribution in [0.25, 0.3) is 0 Å². The molecule has 0 aliphatic heterocycles. The largest absolute Gasteiger partial charge is 0.481 e. The third-order valence-corrected chi connectivity index (χ3v) is 3.94. The number of benzene rings is 1. The van der Waals surface area contributed by atoms with Gasteiger partial charge in [0.25, 0.3) is 5.91 Å². The molecule has 1 aliphatic rings. The van der Waals surface area contributed by atoms with Crippen LogP contribution in [0.3, 0.4) is 0 Å². The first-order valence-corrected chi connectivity index (χ1v) is 6.34. The van der Waals surface area contributed by atoms with Crippen LogP contribution in [0.4, 0.5) is 8.78 Å². The van der Waals surface area contributed by atoms with E-state index < -0.39 is 40.5 Å². The molecule has 0 aromatic heterocycles. The van der Waals surface area contributed by atoms with E-state index in [2.05, 4.69) is 5.32 Å². The van der Waals surface area contributed by atoms with Crippen LogP contribution in [0.1, 0.15) is 36.5 Å². The Kier molecular flexibility index (Phi) is 3.74. The van der Waals surface area contributed by atoms with E-state index in [1.807, 2.05) is 0 Å². The monoisotopic (exact) mass is 283 g/mol. The van der Waals surface area contributed by atoms with Gasteiger partial charge in [-0.1, -0.05) is 12.5 Å². The number of nitrogens with one attached hydrogen (secondary N) is 1. The number of hydrogen-bond donors (Lipinski definition) is 2. The predicted molar refractivity (Wildman–Crippen MR) is 67.2 cm³/mol. The molecule has 108 valence electrons. The number of carboxylic acid groups (broad SMARTS) is 1. The highest BCUT2D eigenvalue weighted by molar-refractivity contribution is 5.95. The van der Waals surface area contributed by atoms with Crippen molar-refractivity contribution < 1.29 is 23.5 Å². The van der Waals surface area contributed by atoms with E-state index in [4.69, 9.17) is 0 Å². The molecule has 2 N–H and O–H groups in total. The molecule has 1 aliphatic carbocycles. The summed E-state index contributed by atoms with van der Waals surface area (Å²) in [5.74, 6) is -3.86. The molecule has 1 fully saturated rings. The summed E-state index contributed by atoms with van der Waals surface area (Å²) in [6.07, 6.45) is 1.55. The maximum atomic E-state index is 13.5. The molecule has 1 aromatic carbocycles. The van der Waals surface area contributed by atoms with Gasteiger partial charge < -0.3 is 10.4 Å². The van der Waals surface area contributed by atoms with Crippen LogP contribution in [0.5, 0.6) is 0 Å². The lowest BCUT2D eigenvalue weighted by atomic mass is 9.85. The lowest BCUT2D eigenvalue weighted by Crippen LogP contribution is -2.47. The zero-order valence-electron chi connectivity index (χ0n) is 11.0. The number of rotatable bonds is 3. The summed E-state index contributed by atoms with van der Waals surface area (Å²) >= 11 is 0. The summed E-state index contributed by atoms with van der Waals surface area (Å²) in [6.45, 7) is 1.53. The minimum atomic E-state index is -1.10. The highest BCUT2D eigenvalue weighted by Crippen LogP contribution is 2.38. The van der Waals surface area contributed by atoms with Crippen molar-refractivity contribution in [3.8, 4) is 0 Å². The summed E-state index contributed by atoms with van der Waals surface area (Å²) in [4.78, 5) is 23.3. The smallest absolute Gasteiger partial charge is 0.311 e. The number of amides is 1. The molecule has 0 saturated heterocycles. The van der Waals surface area contributed by atoms with Gasteiger partial charge in [0.2, 0.25) is 0 Å². The van der Waals surface area contributed by atoms with E-state index in [-0.39, 0.29) is 0 Å². The van der Waals surface area contributed by atoms with Gasteiger partial charge >= 0.3 is 5.97 Å². The fourth-order valence-electron chi connectivity index (χ4n) is 2.60. The Hall–Kier alpha value is -1.98. The SMILES string of the molecule is CC1(C(=O)O)CCCC1NC(=O)c1c(F)cccc1F. The Balaban J connectivity index is 2.22. The van der Waals surface area contributed by atoms with Crippen LogP contribution >= 0.6 is 0 Å². The molecule has 0 spiro atoms. The molecule has 1 saturated carbocycles. The van der Waals surface area contributed by atoms with Crippen LogP contribution in [0, 0.1) is 17.0 Å². The van der Waals surface area contributed by atoms with Gasteiger partial charge in [-0.05, 0) is 31.9 Å². The predicted octanol–water partition coefficient (Wildman–Crippen LogP) is 2.34. The van der Waals surface area contributed by atoms with E-state index >= 15 is 0 Å². The van der Waals surface area contributed by atoms with E-state index in [0.717, 1.165) is 12.1 Å². The summed E-state index contributed by atoms with van der Waals surface area (Å²) < 4.78 is 27.0. The van der Waals surface area contributed by atoms with Gasteiger partial charge in [-0.15, -0.1) is 0 Å². The molecule has 6 heteroatoms. The highest BCUT2D eigenvalue weighted by atomic mass is 19.1. The summed E-state index contributed by atoms with van der Waals surface area (Å²) in [5, 5.41) is 11.7. The minimum absolute atomic E-state index is 0.424. The summed E-state index contributed by atoms with van der Waals surface area (Å²) in [7, 11) is 0. The lowest BCUT2D eigenvalue weighted by Gasteiger charge is -2.27. The molecule has 0 radical (unpaired) electrons. The van der Waals surface area contributed by atoms with E-state index in [1.165, 1.54) is 13.0 Å². The van der Waals surface area contributed by atoms with Crippen LogP contribution in [0.15, 0.2) is 18.2 Å². The van der Waals surface area contributed by atoms with Crippen LogP contribution in [0.2, 0.25) is 0 Å². The average Bonchev–Trinajstić information content (AvgIpc) is 2.72. The molecular weight excluding hydrogens is 268 g/mol. The molecule has 1 aromatic rings. The zero-order chi connectivity index (χ0) is 14.9.